The summed E-state index contributed by atoms with van der Waals surface area (Å²) in [5, 5.41) is 0. The van der Waals surface area contributed by atoms with Crippen LogP contribution < -0.4 is 0 Å². The fourth-order valence-electron chi connectivity index (χ4n) is 1.61. The van der Waals surface area contributed by atoms with Crippen LogP contribution in [0.25, 0.3) is 0 Å². The van der Waals surface area contributed by atoms with Gasteiger partial charge in [0.1, 0.15) is 0 Å². The highest BCUT2D eigenvalue weighted by molar-refractivity contribution is 4.73. The van der Waals surface area contributed by atoms with Gasteiger partial charge in [0, 0.05) is 12.0 Å². The van der Waals surface area contributed by atoms with Crippen molar-refractivity contribution >= 4 is 0 Å². The van der Waals surface area contributed by atoms with Crippen LogP contribution in [0.1, 0.15) is 34.1 Å². The van der Waals surface area contributed by atoms with Gasteiger partial charge in [-0.2, -0.15) is 0 Å². The summed E-state index contributed by atoms with van der Waals surface area (Å²) in [6.45, 7) is 13.2. The first kappa shape index (κ1) is 15.9. The monoisotopic (exact) mass is 260 g/mol. The van der Waals surface area contributed by atoms with E-state index < -0.39 is 0 Å². The first-order valence-corrected chi connectivity index (χ1v) is 6.79. The third kappa shape index (κ3) is 7.31. The standard InChI is InChI=1S/C14H28O4/c1-13(2)11-17-10-9-16-8-7-15-6-5-14(3,4)18-12-13/h5-12H2,1-4H3. The Hall–Kier alpha value is -0.160. The molecule has 1 aliphatic heterocycles. The molecule has 0 radical (unpaired) electrons. The molecule has 1 saturated heterocycles. The molecule has 1 aliphatic rings. The van der Waals surface area contributed by atoms with Crippen LogP contribution in [-0.4, -0.2) is 51.8 Å². The Kier molecular flexibility index (Phi) is 6.57. The second-order valence-electron chi connectivity index (χ2n) is 6.24. The van der Waals surface area contributed by atoms with Gasteiger partial charge in [0.15, 0.2) is 0 Å². The Morgan fingerprint density at radius 1 is 0.667 bits per heavy atom. The lowest BCUT2D eigenvalue weighted by molar-refractivity contribution is -0.0970. The second-order valence-corrected chi connectivity index (χ2v) is 6.24. The highest BCUT2D eigenvalue weighted by atomic mass is 16.5. The average molecular weight is 260 g/mol. The SMILES string of the molecule is CC1(C)COCCOCCOCCC(C)(C)OC1. The van der Waals surface area contributed by atoms with Crippen LogP contribution >= 0.6 is 0 Å². The van der Waals surface area contributed by atoms with E-state index in [-0.39, 0.29) is 11.0 Å². The van der Waals surface area contributed by atoms with Crippen molar-refractivity contribution in [3.63, 3.8) is 0 Å². The molecule has 1 rings (SSSR count). The third-order valence-electron chi connectivity index (χ3n) is 2.94. The summed E-state index contributed by atoms with van der Waals surface area (Å²) < 4.78 is 22.6. The minimum Gasteiger partial charge on any atom is -0.379 e. The molecule has 0 amide bonds. The average Bonchev–Trinajstić information content (AvgIpc) is 2.28. The zero-order chi connectivity index (χ0) is 13.5. The van der Waals surface area contributed by atoms with Crippen LogP contribution in [-0.2, 0) is 18.9 Å². The van der Waals surface area contributed by atoms with Gasteiger partial charge in [0.2, 0.25) is 0 Å². The molecule has 1 heterocycles. The molecule has 0 spiro atoms. The Balaban J connectivity index is 2.44. The van der Waals surface area contributed by atoms with Crippen molar-refractivity contribution in [1.29, 1.82) is 0 Å². The van der Waals surface area contributed by atoms with Crippen LogP contribution in [0, 0.1) is 5.41 Å². The Morgan fingerprint density at radius 2 is 1.22 bits per heavy atom. The van der Waals surface area contributed by atoms with Crippen molar-refractivity contribution in [3.05, 3.63) is 0 Å². The van der Waals surface area contributed by atoms with E-state index in [0.717, 1.165) is 6.42 Å². The summed E-state index contributed by atoms with van der Waals surface area (Å²) >= 11 is 0. The Morgan fingerprint density at radius 3 is 1.89 bits per heavy atom. The van der Waals surface area contributed by atoms with E-state index in [9.17, 15) is 0 Å². The molecule has 4 nitrogen and oxygen atoms in total. The van der Waals surface area contributed by atoms with Gasteiger partial charge in [-0.25, -0.2) is 0 Å². The van der Waals surface area contributed by atoms with E-state index in [2.05, 4.69) is 27.7 Å². The minimum atomic E-state index is -0.151. The van der Waals surface area contributed by atoms with E-state index in [4.69, 9.17) is 18.9 Å². The summed E-state index contributed by atoms with van der Waals surface area (Å²) in [7, 11) is 0. The molecule has 0 saturated carbocycles. The predicted octanol–water partition coefficient (Wildman–Crippen LogP) is 2.26. The van der Waals surface area contributed by atoms with Crippen molar-refractivity contribution in [2.24, 2.45) is 5.41 Å². The lowest BCUT2D eigenvalue weighted by Crippen LogP contribution is -2.34. The van der Waals surface area contributed by atoms with E-state index in [1.54, 1.807) is 0 Å². The molecule has 1 fully saturated rings. The molecule has 0 atom stereocenters. The Labute approximate surface area is 111 Å². The molecular formula is C14H28O4. The highest BCUT2D eigenvalue weighted by Crippen LogP contribution is 2.22. The van der Waals surface area contributed by atoms with Gasteiger partial charge in [-0.05, 0) is 20.3 Å². The molecule has 0 aromatic heterocycles. The van der Waals surface area contributed by atoms with E-state index in [1.807, 2.05) is 0 Å². The summed E-state index contributed by atoms with van der Waals surface area (Å²) in [6.07, 6.45) is 0.893. The van der Waals surface area contributed by atoms with Gasteiger partial charge in [-0.1, -0.05) is 13.8 Å². The summed E-state index contributed by atoms with van der Waals surface area (Å²) in [5.41, 5.74) is -0.121. The topological polar surface area (TPSA) is 36.9 Å². The smallest absolute Gasteiger partial charge is 0.0701 e. The number of ether oxygens (including phenoxy) is 4. The highest BCUT2D eigenvalue weighted by Gasteiger charge is 2.25. The molecule has 0 unspecified atom stereocenters. The lowest BCUT2D eigenvalue weighted by Gasteiger charge is -2.32. The molecule has 0 aliphatic carbocycles. The van der Waals surface area contributed by atoms with Gasteiger partial charge in [-0.3, -0.25) is 0 Å². The Bertz CT molecular complexity index is 202. The van der Waals surface area contributed by atoms with Gasteiger partial charge in [-0.15, -0.1) is 0 Å². The molecular weight excluding hydrogens is 232 g/mol. The van der Waals surface area contributed by atoms with Crippen molar-refractivity contribution in [2.45, 2.75) is 39.7 Å². The van der Waals surface area contributed by atoms with Crippen molar-refractivity contribution in [1.82, 2.24) is 0 Å². The number of hydrogen-bond donors (Lipinski definition) is 0. The molecule has 18 heavy (non-hydrogen) atoms. The van der Waals surface area contributed by atoms with Gasteiger partial charge in [0.05, 0.1) is 45.2 Å². The first-order chi connectivity index (χ1) is 8.41. The number of hydrogen-bond acceptors (Lipinski definition) is 4. The van der Waals surface area contributed by atoms with E-state index in [1.165, 1.54) is 0 Å². The summed E-state index contributed by atoms with van der Waals surface area (Å²) in [4.78, 5) is 0. The largest absolute Gasteiger partial charge is 0.379 e. The van der Waals surface area contributed by atoms with Crippen LogP contribution in [0.3, 0.4) is 0 Å². The maximum Gasteiger partial charge on any atom is 0.0701 e. The van der Waals surface area contributed by atoms with Crippen molar-refractivity contribution in [3.8, 4) is 0 Å². The van der Waals surface area contributed by atoms with Crippen LogP contribution in [0.15, 0.2) is 0 Å². The maximum atomic E-state index is 6.00. The quantitative estimate of drug-likeness (QED) is 0.669. The molecule has 0 aromatic rings. The van der Waals surface area contributed by atoms with Crippen molar-refractivity contribution in [2.75, 3.05) is 46.2 Å². The van der Waals surface area contributed by atoms with E-state index >= 15 is 0 Å². The molecule has 4 heteroatoms. The van der Waals surface area contributed by atoms with E-state index in [0.29, 0.717) is 46.2 Å². The minimum absolute atomic E-state index is 0.0300. The zero-order valence-corrected chi connectivity index (χ0v) is 12.3. The molecule has 0 N–H and O–H groups in total. The summed E-state index contributed by atoms with van der Waals surface area (Å²) in [5.74, 6) is 0. The fraction of sp³-hybridized carbons (Fsp3) is 1.00. The molecule has 0 aromatic carbocycles. The fourth-order valence-corrected chi connectivity index (χ4v) is 1.61. The van der Waals surface area contributed by atoms with Gasteiger partial charge < -0.3 is 18.9 Å². The van der Waals surface area contributed by atoms with Gasteiger partial charge >= 0.3 is 0 Å². The zero-order valence-electron chi connectivity index (χ0n) is 12.3. The predicted molar refractivity (Wildman–Crippen MR) is 70.9 cm³/mol. The lowest BCUT2D eigenvalue weighted by atomic mass is 9.95. The van der Waals surface area contributed by atoms with Crippen LogP contribution in [0.2, 0.25) is 0 Å². The normalized spacial score (nSPS) is 27.3. The summed E-state index contributed by atoms with van der Waals surface area (Å²) in [6, 6.07) is 0. The first-order valence-electron chi connectivity index (χ1n) is 6.79. The molecule has 108 valence electrons. The van der Waals surface area contributed by atoms with Crippen molar-refractivity contribution < 1.29 is 18.9 Å². The molecule has 0 bridgehead atoms. The van der Waals surface area contributed by atoms with Gasteiger partial charge in [0.25, 0.3) is 0 Å². The second kappa shape index (κ2) is 7.43. The maximum absolute atomic E-state index is 6.00. The van der Waals surface area contributed by atoms with Crippen LogP contribution in [0.5, 0.6) is 0 Å². The number of rotatable bonds is 0. The third-order valence-corrected chi connectivity index (χ3v) is 2.94. The van der Waals surface area contributed by atoms with Crippen LogP contribution in [0.4, 0.5) is 0 Å².